The van der Waals surface area contributed by atoms with Gasteiger partial charge in [-0.25, -0.2) is 4.98 Å². The van der Waals surface area contributed by atoms with E-state index >= 15 is 0 Å². The molecule has 0 unspecified atom stereocenters. The molecular weight excluding hydrogens is 270 g/mol. The largest absolute Gasteiger partial charge is 0.465 e. The van der Waals surface area contributed by atoms with Crippen molar-refractivity contribution >= 4 is 29.2 Å². The van der Waals surface area contributed by atoms with Gasteiger partial charge in [0.05, 0.1) is 17.3 Å². The molecule has 1 aromatic heterocycles. The van der Waals surface area contributed by atoms with E-state index in [2.05, 4.69) is 10.3 Å². The maximum absolute atomic E-state index is 11.3. The minimum absolute atomic E-state index is 0.00272. The third-order valence-corrected chi connectivity index (χ3v) is 2.98. The molecule has 1 aromatic rings. The number of carbonyl (C=O) groups is 1. The summed E-state index contributed by atoms with van der Waals surface area (Å²) in [6.07, 6.45) is 0. The Labute approximate surface area is 114 Å². The molecule has 1 N–H and O–H groups in total. The third kappa shape index (κ3) is 4.74. The Morgan fingerprint density at radius 1 is 1.53 bits per heavy atom. The molecule has 0 aromatic carbocycles. The van der Waals surface area contributed by atoms with Crippen LogP contribution in [0.15, 0.2) is 17.2 Å². The van der Waals surface area contributed by atoms with Crippen molar-refractivity contribution in [1.82, 2.24) is 4.98 Å². The van der Waals surface area contributed by atoms with Crippen LogP contribution in [0, 0.1) is 10.1 Å². The minimum atomic E-state index is -0.518. The topological polar surface area (TPSA) is 94.4 Å². The molecule has 0 radical (unpaired) electrons. The summed E-state index contributed by atoms with van der Waals surface area (Å²) in [4.78, 5) is 25.7. The summed E-state index contributed by atoms with van der Waals surface area (Å²) >= 11 is 0.996. The fraction of sp³-hybridized carbons (Fsp3) is 0.455. The molecule has 104 valence electrons. The number of carbonyl (C=O) groups excluding carboxylic acids is 1. The lowest BCUT2D eigenvalue weighted by molar-refractivity contribution is -0.388. The van der Waals surface area contributed by atoms with E-state index in [1.54, 1.807) is 6.92 Å². The molecule has 0 aliphatic rings. The van der Waals surface area contributed by atoms with Crippen molar-refractivity contribution in [1.29, 1.82) is 0 Å². The highest BCUT2D eigenvalue weighted by atomic mass is 32.2. The summed E-state index contributed by atoms with van der Waals surface area (Å²) in [5.74, 6) is 0.119. The Morgan fingerprint density at radius 3 is 2.84 bits per heavy atom. The van der Waals surface area contributed by atoms with Gasteiger partial charge in [0.25, 0.3) is 0 Å². The zero-order valence-electron chi connectivity index (χ0n) is 10.7. The Hall–Kier alpha value is -1.83. The van der Waals surface area contributed by atoms with Crippen molar-refractivity contribution in [2.24, 2.45) is 0 Å². The second kappa shape index (κ2) is 7.57. The van der Waals surface area contributed by atoms with Crippen molar-refractivity contribution in [2.45, 2.75) is 18.9 Å². The number of nitro groups is 1. The molecular formula is C11H15N3O4S. The highest BCUT2D eigenvalue weighted by Gasteiger charge is 2.18. The number of nitrogens with zero attached hydrogens (tertiary/aromatic N) is 2. The standard InChI is InChI=1S/C11H15N3O4S/c1-3-12-9-6-5-8(14(16)17)11(13-9)19-7-10(15)18-4-2/h5-6H,3-4,7H2,1-2H3,(H,12,13). The fourth-order valence-corrected chi connectivity index (χ4v) is 2.08. The summed E-state index contributed by atoms with van der Waals surface area (Å²) in [5, 5.41) is 14.0. The van der Waals surface area contributed by atoms with Crippen molar-refractivity contribution in [2.75, 3.05) is 24.2 Å². The molecule has 0 saturated heterocycles. The predicted octanol–water partition coefficient (Wildman–Crippen LogP) is 2.08. The van der Waals surface area contributed by atoms with Gasteiger partial charge in [-0.05, 0) is 19.9 Å². The van der Waals surface area contributed by atoms with E-state index in [0.717, 1.165) is 11.8 Å². The van der Waals surface area contributed by atoms with E-state index in [1.807, 2.05) is 6.92 Å². The van der Waals surface area contributed by atoms with E-state index in [9.17, 15) is 14.9 Å². The highest BCUT2D eigenvalue weighted by Crippen LogP contribution is 2.28. The number of nitrogens with one attached hydrogen (secondary N) is 1. The molecule has 1 rings (SSSR count). The van der Waals surface area contributed by atoms with E-state index in [4.69, 9.17) is 4.74 Å². The minimum Gasteiger partial charge on any atom is -0.465 e. The van der Waals surface area contributed by atoms with Crippen LogP contribution in [-0.4, -0.2) is 34.8 Å². The maximum Gasteiger partial charge on any atom is 0.316 e. The van der Waals surface area contributed by atoms with E-state index in [0.29, 0.717) is 12.4 Å². The number of hydrogen-bond acceptors (Lipinski definition) is 7. The number of aromatic nitrogens is 1. The van der Waals surface area contributed by atoms with Gasteiger partial charge in [-0.15, -0.1) is 0 Å². The lowest BCUT2D eigenvalue weighted by Crippen LogP contribution is -2.08. The summed E-state index contributed by atoms with van der Waals surface area (Å²) in [6.45, 7) is 4.54. The summed E-state index contributed by atoms with van der Waals surface area (Å²) < 4.78 is 4.77. The molecule has 7 nitrogen and oxygen atoms in total. The number of hydrogen-bond donors (Lipinski definition) is 1. The first-order valence-corrected chi connectivity index (χ1v) is 6.74. The number of thioether (sulfide) groups is 1. The number of rotatable bonds is 7. The summed E-state index contributed by atoms with van der Waals surface area (Å²) in [5.41, 5.74) is -0.115. The lowest BCUT2D eigenvalue weighted by atomic mass is 10.4. The molecule has 1 heterocycles. The van der Waals surface area contributed by atoms with Gasteiger partial charge in [0.2, 0.25) is 0 Å². The Bertz CT molecular complexity index is 467. The van der Waals surface area contributed by atoms with Crippen LogP contribution in [0.4, 0.5) is 11.5 Å². The van der Waals surface area contributed by atoms with Gasteiger partial charge in [-0.2, -0.15) is 0 Å². The lowest BCUT2D eigenvalue weighted by Gasteiger charge is -2.06. The number of pyridine rings is 1. The first-order chi connectivity index (χ1) is 9.08. The van der Waals surface area contributed by atoms with Crippen LogP contribution in [0.3, 0.4) is 0 Å². The van der Waals surface area contributed by atoms with E-state index < -0.39 is 10.9 Å². The molecule has 19 heavy (non-hydrogen) atoms. The molecule has 0 fully saturated rings. The van der Waals surface area contributed by atoms with Crippen LogP contribution in [0.1, 0.15) is 13.8 Å². The number of ether oxygens (including phenoxy) is 1. The maximum atomic E-state index is 11.3. The van der Waals surface area contributed by atoms with Crippen LogP contribution in [0.2, 0.25) is 0 Å². The van der Waals surface area contributed by atoms with Crippen molar-refractivity contribution in [3.05, 3.63) is 22.2 Å². The molecule has 0 aliphatic heterocycles. The Morgan fingerprint density at radius 2 is 2.26 bits per heavy atom. The predicted molar refractivity (Wildman–Crippen MR) is 72.4 cm³/mol. The van der Waals surface area contributed by atoms with Crippen LogP contribution < -0.4 is 5.32 Å². The van der Waals surface area contributed by atoms with Crippen molar-refractivity contribution in [3.8, 4) is 0 Å². The fourth-order valence-electron chi connectivity index (χ4n) is 1.29. The molecule has 8 heteroatoms. The van der Waals surface area contributed by atoms with Crippen molar-refractivity contribution in [3.63, 3.8) is 0 Å². The van der Waals surface area contributed by atoms with Gasteiger partial charge in [0.1, 0.15) is 5.82 Å². The van der Waals surface area contributed by atoms with Crippen LogP contribution >= 0.6 is 11.8 Å². The first kappa shape index (κ1) is 15.2. The average molecular weight is 285 g/mol. The second-order valence-corrected chi connectivity index (χ2v) is 4.37. The highest BCUT2D eigenvalue weighted by molar-refractivity contribution is 8.00. The molecule has 0 spiro atoms. The summed E-state index contributed by atoms with van der Waals surface area (Å²) in [7, 11) is 0. The van der Waals surface area contributed by atoms with Gasteiger partial charge in [0.15, 0.2) is 5.03 Å². The summed E-state index contributed by atoms with van der Waals surface area (Å²) in [6, 6.07) is 2.91. The van der Waals surface area contributed by atoms with Crippen LogP contribution in [-0.2, 0) is 9.53 Å². The quantitative estimate of drug-likeness (QED) is 0.354. The number of esters is 1. The zero-order chi connectivity index (χ0) is 14.3. The monoisotopic (exact) mass is 285 g/mol. The second-order valence-electron chi connectivity index (χ2n) is 3.40. The van der Waals surface area contributed by atoms with Gasteiger partial charge in [-0.1, -0.05) is 11.8 Å². The normalized spacial score (nSPS) is 10.0. The third-order valence-electron chi connectivity index (χ3n) is 2.03. The van der Waals surface area contributed by atoms with Gasteiger partial charge < -0.3 is 10.1 Å². The average Bonchev–Trinajstić information content (AvgIpc) is 2.37. The Balaban J connectivity index is 2.85. The molecule has 0 bridgehead atoms. The number of anilines is 1. The van der Waals surface area contributed by atoms with E-state index in [-0.39, 0.29) is 23.1 Å². The van der Waals surface area contributed by atoms with Gasteiger partial charge in [-0.3, -0.25) is 14.9 Å². The van der Waals surface area contributed by atoms with E-state index in [1.165, 1.54) is 12.1 Å². The zero-order valence-corrected chi connectivity index (χ0v) is 11.5. The molecule has 0 amide bonds. The van der Waals surface area contributed by atoms with Crippen molar-refractivity contribution < 1.29 is 14.5 Å². The Kier molecular flexibility index (Phi) is 6.07. The van der Waals surface area contributed by atoms with Crippen LogP contribution in [0.25, 0.3) is 0 Å². The molecule has 0 saturated carbocycles. The van der Waals surface area contributed by atoms with Crippen LogP contribution in [0.5, 0.6) is 0 Å². The SMILES string of the molecule is CCNc1ccc([N+](=O)[O-])c(SCC(=O)OCC)n1. The smallest absolute Gasteiger partial charge is 0.316 e. The van der Waals surface area contributed by atoms with Gasteiger partial charge >= 0.3 is 11.7 Å². The first-order valence-electron chi connectivity index (χ1n) is 5.76. The van der Waals surface area contributed by atoms with Gasteiger partial charge in [0, 0.05) is 12.6 Å². The molecule has 0 aliphatic carbocycles. The molecule has 0 atom stereocenters.